The smallest absolute Gasteiger partial charge is 0.269 e. The summed E-state index contributed by atoms with van der Waals surface area (Å²) in [5.41, 5.74) is 14.0. The second kappa shape index (κ2) is 17.5. The van der Waals surface area contributed by atoms with Gasteiger partial charge in [-0.15, -0.1) is 0 Å². The molecule has 0 saturated carbocycles. The highest BCUT2D eigenvalue weighted by atomic mass is 16.5. The molecule has 350 valence electrons. The Hall–Kier alpha value is -7.50. The molecule has 5 heteroatoms. The van der Waals surface area contributed by atoms with Gasteiger partial charge < -0.3 is 4.74 Å². The van der Waals surface area contributed by atoms with E-state index in [4.69, 9.17) is 9.72 Å². The average molecular weight is 917 g/mol. The lowest BCUT2D eigenvalue weighted by Crippen LogP contribution is -2.41. The van der Waals surface area contributed by atoms with E-state index in [-0.39, 0.29) is 21.7 Å². The first-order valence-electron chi connectivity index (χ1n) is 24.6. The minimum atomic E-state index is -0.266. The zero-order valence-corrected chi connectivity index (χ0v) is 42.6. The molecule has 10 aromatic rings. The van der Waals surface area contributed by atoms with E-state index in [1.54, 1.807) is 0 Å². The first-order chi connectivity index (χ1) is 33.3. The molecular formula is C65H64N4O. The summed E-state index contributed by atoms with van der Waals surface area (Å²) in [5.74, 6) is 2.33. The van der Waals surface area contributed by atoms with E-state index in [1.807, 2.05) is 6.20 Å². The van der Waals surface area contributed by atoms with Crippen molar-refractivity contribution in [3.8, 4) is 50.9 Å². The molecule has 0 radical (unpaired) electrons. The van der Waals surface area contributed by atoms with E-state index in [0.717, 1.165) is 61.6 Å². The molecule has 0 unspecified atom stereocenters. The van der Waals surface area contributed by atoms with Crippen LogP contribution in [0.3, 0.4) is 0 Å². The zero-order valence-electron chi connectivity index (χ0n) is 42.6. The Labute approximate surface area is 414 Å². The molecule has 3 aromatic heterocycles. The lowest BCUT2D eigenvalue weighted by atomic mass is 9.78. The van der Waals surface area contributed by atoms with Crippen LogP contribution in [0.25, 0.3) is 61.3 Å². The molecule has 0 saturated heterocycles. The van der Waals surface area contributed by atoms with Gasteiger partial charge >= 0.3 is 0 Å². The van der Waals surface area contributed by atoms with Gasteiger partial charge in [0.2, 0.25) is 0 Å². The number of nitrogens with zero attached hydrogens (tertiary/aromatic N) is 4. The normalized spacial score (nSPS) is 12.5. The summed E-state index contributed by atoms with van der Waals surface area (Å²) < 4.78 is 14.0. The molecular weight excluding hydrogens is 853 g/mol. The summed E-state index contributed by atoms with van der Waals surface area (Å²) in [7, 11) is 0. The highest BCUT2D eigenvalue weighted by molar-refractivity contribution is 6.09. The molecule has 3 heterocycles. The van der Waals surface area contributed by atoms with Crippen molar-refractivity contribution in [2.75, 3.05) is 0 Å². The predicted molar refractivity (Wildman–Crippen MR) is 290 cm³/mol. The molecule has 0 atom stereocenters. The van der Waals surface area contributed by atoms with Crippen LogP contribution in [0.5, 0.6) is 11.5 Å². The van der Waals surface area contributed by atoms with Crippen molar-refractivity contribution in [2.45, 2.75) is 97.8 Å². The van der Waals surface area contributed by atoms with Crippen molar-refractivity contribution >= 4 is 21.8 Å². The third-order valence-electron chi connectivity index (χ3n) is 13.8. The summed E-state index contributed by atoms with van der Waals surface area (Å²) in [6.45, 7) is 25.3. The Balaban J connectivity index is 1.15. The monoisotopic (exact) mass is 917 g/mol. The average Bonchev–Trinajstić information content (AvgIpc) is 3.93. The fraction of sp³-hybridized carbons (Fsp3) is 0.231. The third-order valence-corrected chi connectivity index (χ3v) is 13.8. The number of hydrogen-bond donors (Lipinski definition) is 0. The van der Waals surface area contributed by atoms with Gasteiger partial charge in [-0.2, -0.15) is 0 Å². The van der Waals surface area contributed by atoms with Crippen molar-refractivity contribution < 1.29 is 9.30 Å². The number of benzene rings is 7. The maximum atomic E-state index is 7.10. The second-order valence-corrected chi connectivity index (χ2v) is 22.5. The number of fused-ring (bicyclic) bond motifs is 3. The maximum absolute atomic E-state index is 7.10. The third kappa shape index (κ3) is 8.75. The van der Waals surface area contributed by atoms with Gasteiger partial charge in [0.05, 0.1) is 33.8 Å². The molecule has 70 heavy (non-hydrogen) atoms. The minimum Gasteiger partial charge on any atom is -0.458 e. The zero-order chi connectivity index (χ0) is 49.2. The van der Waals surface area contributed by atoms with E-state index in [2.05, 4.69) is 278 Å². The number of pyridine rings is 1. The first kappa shape index (κ1) is 46.2. The molecule has 10 rings (SSSR count). The fourth-order valence-corrected chi connectivity index (χ4v) is 10.1. The van der Waals surface area contributed by atoms with Crippen LogP contribution in [-0.2, 0) is 21.7 Å². The summed E-state index contributed by atoms with van der Waals surface area (Å²) in [5, 5.41) is 2.30. The van der Waals surface area contributed by atoms with Crippen LogP contribution in [-0.4, -0.2) is 14.1 Å². The van der Waals surface area contributed by atoms with Crippen molar-refractivity contribution in [3.05, 3.63) is 223 Å². The number of para-hydroxylation sites is 1. The van der Waals surface area contributed by atoms with Gasteiger partial charge in [0.15, 0.2) is 0 Å². The lowest BCUT2D eigenvalue weighted by molar-refractivity contribution is -0.611. The van der Waals surface area contributed by atoms with Gasteiger partial charge in [-0.3, -0.25) is 13.7 Å². The van der Waals surface area contributed by atoms with Crippen molar-refractivity contribution in [2.24, 2.45) is 0 Å². The van der Waals surface area contributed by atoms with Crippen molar-refractivity contribution in [1.29, 1.82) is 0 Å². The highest BCUT2D eigenvalue weighted by Gasteiger charge is 2.35. The number of aromatic nitrogens is 4. The van der Waals surface area contributed by atoms with E-state index in [9.17, 15) is 0 Å². The Morgan fingerprint density at radius 1 is 0.457 bits per heavy atom. The quantitative estimate of drug-likeness (QED) is 0.107. The largest absolute Gasteiger partial charge is 0.458 e. The SMILES string of the molecule is CC(C)(C)c1cc(-c2ccccc2)cc(-[n+]2[c-]n(-c3cc(Oc4ccc5c6ccccc6n(-c6cc(C(C)(C)c7ccccc7)ccn6)c5c4)cc(-c4ccccc4)c3)c(C(C)(C)C)c2C(C)(C)C)c1. The van der Waals surface area contributed by atoms with E-state index in [0.29, 0.717) is 0 Å². The van der Waals surface area contributed by atoms with E-state index in [1.165, 1.54) is 39.2 Å². The van der Waals surface area contributed by atoms with E-state index >= 15 is 0 Å². The Kier molecular flexibility index (Phi) is 11.5. The molecule has 0 aliphatic heterocycles. The topological polar surface area (TPSA) is 35.9 Å². The maximum Gasteiger partial charge on any atom is 0.269 e. The Bertz CT molecular complexity index is 3520. The molecule has 0 spiro atoms. The Morgan fingerprint density at radius 3 is 1.71 bits per heavy atom. The first-order valence-corrected chi connectivity index (χ1v) is 24.6. The number of hydrogen-bond acceptors (Lipinski definition) is 2. The molecule has 0 N–H and O–H groups in total. The standard InChI is InChI=1S/C65H64N4O/c1-62(2,3)50-35-46(44-23-15-12-16-24-44)36-51(39-50)67-43-68(61(64(7,8)9)60(67)63(4,5)6)52-37-47(45-25-17-13-18-26-45)38-54(41-52)70-53-31-32-56-55-29-21-22-30-57(55)69(58(56)42-53)59-40-49(33-34-66-59)65(10,11)48-27-19-14-20-28-48/h12-42H,1-11H3. The van der Waals surface area contributed by atoms with Crippen molar-refractivity contribution in [1.82, 2.24) is 14.1 Å². The van der Waals surface area contributed by atoms with Crippen LogP contribution in [0.15, 0.2) is 188 Å². The summed E-state index contributed by atoms with van der Waals surface area (Å²) in [6.07, 6.45) is 5.92. The van der Waals surface area contributed by atoms with Gasteiger partial charge in [-0.05, 0) is 116 Å². The van der Waals surface area contributed by atoms with Crippen LogP contribution in [0, 0.1) is 6.33 Å². The van der Waals surface area contributed by atoms with Crippen LogP contribution in [0.1, 0.15) is 104 Å². The molecule has 0 fully saturated rings. The fourth-order valence-electron chi connectivity index (χ4n) is 10.1. The molecule has 0 amide bonds. The van der Waals surface area contributed by atoms with Gasteiger partial charge in [0, 0.05) is 28.5 Å². The van der Waals surface area contributed by atoms with Crippen LogP contribution >= 0.6 is 0 Å². The number of ether oxygens (including phenoxy) is 1. The van der Waals surface area contributed by atoms with Crippen molar-refractivity contribution in [3.63, 3.8) is 0 Å². The highest BCUT2D eigenvalue weighted by Crippen LogP contribution is 2.41. The number of rotatable bonds is 9. The van der Waals surface area contributed by atoms with Gasteiger partial charge in [0.1, 0.15) is 17.3 Å². The lowest BCUT2D eigenvalue weighted by Gasteiger charge is -2.30. The second-order valence-electron chi connectivity index (χ2n) is 22.5. The summed E-state index contributed by atoms with van der Waals surface area (Å²) >= 11 is 0. The van der Waals surface area contributed by atoms with Crippen LogP contribution < -0.4 is 9.30 Å². The number of imidazole rings is 1. The molecule has 7 aromatic carbocycles. The Morgan fingerprint density at radius 2 is 1.07 bits per heavy atom. The summed E-state index contributed by atoms with van der Waals surface area (Å²) in [6, 6.07) is 65.1. The predicted octanol–water partition coefficient (Wildman–Crippen LogP) is 16.4. The molecule has 0 bridgehead atoms. The van der Waals surface area contributed by atoms with Gasteiger partial charge in [-0.1, -0.05) is 191 Å². The molecule has 0 aliphatic carbocycles. The summed E-state index contributed by atoms with van der Waals surface area (Å²) in [4.78, 5) is 5.02. The molecule has 5 nitrogen and oxygen atoms in total. The van der Waals surface area contributed by atoms with E-state index < -0.39 is 0 Å². The van der Waals surface area contributed by atoms with Gasteiger partial charge in [0.25, 0.3) is 6.33 Å². The van der Waals surface area contributed by atoms with Gasteiger partial charge in [-0.25, -0.2) is 4.98 Å². The van der Waals surface area contributed by atoms with Crippen LogP contribution in [0.2, 0.25) is 0 Å². The minimum absolute atomic E-state index is 0.0785. The molecule has 0 aliphatic rings. The van der Waals surface area contributed by atoms with Crippen LogP contribution in [0.4, 0.5) is 0 Å².